The first-order valence-corrected chi connectivity index (χ1v) is 11.5. The van der Waals surface area contributed by atoms with E-state index in [0.717, 1.165) is 4.68 Å². The van der Waals surface area contributed by atoms with E-state index in [1.807, 2.05) is 32.9 Å². The third-order valence-electron chi connectivity index (χ3n) is 4.13. The molecule has 0 bridgehead atoms. The Balaban J connectivity index is 0.00000133. The molecule has 1 aromatic heterocycles. The van der Waals surface area contributed by atoms with Crippen LogP contribution in [0.4, 0.5) is 18.9 Å². The lowest BCUT2D eigenvalue weighted by Crippen LogP contribution is -2.43. The van der Waals surface area contributed by atoms with Crippen molar-refractivity contribution in [3.05, 3.63) is 69.6 Å². The Morgan fingerprint density at radius 3 is 2.00 bits per heavy atom. The minimum absolute atomic E-state index is 0.0283. The molecule has 1 heterocycles. The van der Waals surface area contributed by atoms with E-state index >= 15 is 0 Å². The van der Waals surface area contributed by atoms with Gasteiger partial charge in [-0.15, -0.1) is 0 Å². The van der Waals surface area contributed by atoms with Crippen LogP contribution in [0.2, 0.25) is 0 Å². The summed E-state index contributed by atoms with van der Waals surface area (Å²) in [5.41, 5.74) is 2.42. The van der Waals surface area contributed by atoms with Gasteiger partial charge in [0, 0.05) is 17.6 Å². The number of anilines is 1. The summed E-state index contributed by atoms with van der Waals surface area (Å²) in [7, 11) is 1.21. The van der Waals surface area contributed by atoms with Crippen LogP contribution in [0.1, 0.15) is 66.7 Å². The lowest BCUT2D eigenvalue weighted by atomic mass is 10.1. The Morgan fingerprint density at radius 1 is 1.08 bits per heavy atom. The molecule has 8 nitrogen and oxygen atoms in total. The summed E-state index contributed by atoms with van der Waals surface area (Å²) >= 11 is 3.25. The predicted molar refractivity (Wildman–Crippen MR) is 138 cm³/mol. The summed E-state index contributed by atoms with van der Waals surface area (Å²) in [4.78, 5) is 25.0. The Kier molecular flexibility index (Phi) is 13.2. The van der Waals surface area contributed by atoms with Crippen molar-refractivity contribution >= 4 is 33.4 Å². The SMILES string of the molecule is C/C=C/N.C/C=C\C.Cc1cc(Br)cc(C(=O)NC(C)(C)O)c1NC(=O)c1cc(C(F)(F)F)nn1C. The van der Waals surface area contributed by atoms with E-state index in [-0.39, 0.29) is 16.9 Å². The topological polar surface area (TPSA) is 122 Å². The van der Waals surface area contributed by atoms with Crippen LogP contribution < -0.4 is 16.4 Å². The summed E-state index contributed by atoms with van der Waals surface area (Å²) in [6, 6.07) is 3.68. The number of rotatable bonds is 4. The minimum Gasteiger partial charge on any atom is -0.405 e. The number of benzene rings is 1. The molecule has 5 N–H and O–H groups in total. The number of hydrogen-bond donors (Lipinski definition) is 4. The second-order valence-corrected chi connectivity index (χ2v) is 8.76. The molecule has 2 amide bonds. The number of nitrogens with one attached hydrogen (secondary N) is 2. The normalized spacial score (nSPS) is 11.4. The molecular weight excluding hydrogens is 543 g/mol. The lowest BCUT2D eigenvalue weighted by molar-refractivity contribution is -0.141. The van der Waals surface area contributed by atoms with Gasteiger partial charge in [-0.2, -0.15) is 18.3 Å². The number of halogens is 4. The Hall–Kier alpha value is -3.12. The van der Waals surface area contributed by atoms with Gasteiger partial charge in [0.05, 0.1) is 11.3 Å². The highest BCUT2D eigenvalue weighted by Crippen LogP contribution is 2.30. The molecule has 0 fully saturated rings. The van der Waals surface area contributed by atoms with Crippen LogP contribution in [0.15, 0.2) is 47.1 Å². The fourth-order valence-electron chi connectivity index (χ4n) is 2.43. The molecule has 12 heteroatoms. The van der Waals surface area contributed by atoms with Crippen molar-refractivity contribution in [3.63, 3.8) is 0 Å². The number of allylic oxidation sites excluding steroid dienone is 3. The van der Waals surface area contributed by atoms with Crippen LogP contribution in [0, 0.1) is 6.92 Å². The molecule has 0 saturated heterocycles. The summed E-state index contributed by atoms with van der Waals surface area (Å²) in [5.74, 6) is -1.54. The Bertz CT molecular complexity index is 1070. The monoisotopic (exact) mass is 575 g/mol. The summed E-state index contributed by atoms with van der Waals surface area (Å²) < 4.78 is 39.8. The van der Waals surface area contributed by atoms with Crippen molar-refractivity contribution in [1.82, 2.24) is 15.1 Å². The van der Waals surface area contributed by atoms with Crippen LogP contribution in [-0.4, -0.2) is 32.4 Å². The van der Waals surface area contributed by atoms with Crippen molar-refractivity contribution in [2.45, 2.75) is 53.4 Å². The molecule has 2 rings (SSSR count). The minimum atomic E-state index is -4.69. The third-order valence-corrected chi connectivity index (χ3v) is 4.59. The van der Waals surface area contributed by atoms with Crippen LogP contribution >= 0.6 is 15.9 Å². The first-order chi connectivity index (χ1) is 16.5. The zero-order valence-electron chi connectivity index (χ0n) is 21.3. The van der Waals surface area contributed by atoms with Gasteiger partial charge < -0.3 is 21.5 Å². The number of hydrogen-bond acceptors (Lipinski definition) is 5. The standard InChI is InChI=1S/C17H18BrF3N4O3.C4H8.C3H7N/c1-8-5-9(18)6-10(14(26)23-16(2,3)28)13(8)22-15(27)11-7-12(17(19,20)21)24-25(11)4;1-3-4-2;1-2-3-4/h5-7,28H,1-4H3,(H,22,27)(H,23,26);3-4H,1-2H3;2-3H,4H2,1H3/b;4-3-;3-2+. The van der Waals surface area contributed by atoms with Crippen LogP contribution in [0.25, 0.3) is 0 Å². The maximum Gasteiger partial charge on any atom is 0.435 e. The number of aryl methyl sites for hydroxylation is 2. The molecule has 0 unspecified atom stereocenters. The van der Waals surface area contributed by atoms with E-state index in [9.17, 15) is 27.9 Å². The lowest BCUT2D eigenvalue weighted by Gasteiger charge is -2.21. The number of carbonyl (C=O) groups is 2. The quantitative estimate of drug-likeness (QED) is 0.292. The first kappa shape index (κ1) is 32.9. The van der Waals surface area contributed by atoms with Gasteiger partial charge in [-0.1, -0.05) is 34.2 Å². The van der Waals surface area contributed by atoms with Gasteiger partial charge in [0.2, 0.25) is 0 Å². The predicted octanol–water partition coefficient (Wildman–Crippen LogP) is 5.28. The Morgan fingerprint density at radius 2 is 1.61 bits per heavy atom. The average Bonchev–Trinajstić information content (AvgIpc) is 3.16. The maximum absolute atomic E-state index is 12.8. The van der Waals surface area contributed by atoms with Crippen molar-refractivity contribution in [3.8, 4) is 0 Å². The van der Waals surface area contributed by atoms with E-state index in [1.165, 1.54) is 33.2 Å². The molecule has 36 heavy (non-hydrogen) atoms. The molecule has 1 aromatic carbocycles. The highest BCUT2D eigenvalue weighted by Gasteiger charge is 2.35. The molecule has 2 aromatic rings. The summed E-state index contributed by atoms with van der Waals surface area (Å²) in [6.45, 7) is 10.2. The molecule has 0 saturated carbocycles. The average molecular weight is 576 g/mol. The number of aromatic nitrogens is 2. The largest absolute Gasteiger partial charge is 0.435 e. The maximum atomic E-state index is 12.8. The fourth-order valence-corrected chi connectivity index (χ4v) is 3.00. The fraction of sp³-hybridized carbons (Fsp3) is 0.375. The molecule has 0 aliphatic rings. The molecular formula is C24H33BrF3N5O3. The summed E-state index contributed by atoms with van der Waals surface area (Å²) in [6.07, 6.45) is 2.58. The smallest absolute Gasteiger partial charge is 0.405 e. The number of nitrogens with two attached hydrogens (primary N) is 1. The highest BCUT2D eigenvalue weighted by molar-refractivity contribution is 9.10. The van der Waals surface area contributed by atoms with Crippen LogP contribution in [0.5, 0.6) is 0 Å². The van der Waals surface area contributed by atoms with Gasteiger partial charge in [-0.25, -0.2) is 0 Å². The van der Waals surface area contributed by atoms with E-state index < -0.39 is 29.4 Å². The van der Waals surface area contributed by atoms with Crippen molar-refractivity contribution in [2.24, 2.45) is 12.8 Å². The van der Waals surface area contributed by atoms with Crippen molar-refractivity contribution in [2.75, 3.05) is 5.32 Å². The number of nitrogens with zero attached hydrogens (tertiary/aromatic N) is 2. The second-order valence-electron chi connectivity index (χ2n) is 7.84. The number of carbonyl (C=O) groups excluding carboxylic acids is 2. The number of amides is 2. The van der Waals surface area contributed by atoms with Crippen LogP contribution in [-0.2, 0) is 13.2 Å². The second kappa shape index (κ2) is 14.4. The van der Waals surface area contributed by atoms with Crippen molar-refractivity contribution < 1.29 is 27.9 Å². The Labute approximate surface area is 217 Å². The van der Waals surface area contributed by atoms with Gasteiger partial charge in [0.15, 0.2) is 5.69 Å². The van der Waals surface area contributed by atoms with Gasteiger partial charge in [-0.3, -0.25) is 14.3 Å². The van der Waals surface area contributed by atoms with Crippen molar-refractivity contribution in [1.29, 1.82) is 0 Å². The summed E-state index contributed by atoms with van der Waals surface area (Å²) in [5, 5.41) is 17.9. The van der Waals surface area contributed by atoms with Gasteiger partial charge in [0.1, 0.15) is 11.4 Å². The molecule has 0 aliphatic heterocycles. The number of alkyl halides is 3. The number of aliphatic hydroxyl groups is 1. The van der Waals surface area contributed by atoms with E-state index in [0.29, 0.717) is 16.1 Å². The molecule has 0 radical (unpaired) electrons. The first-order valence-electron chi connectivity index (χ1n) is 10.7. The zero-order chi connectivity index (χ0) is 28.3. The third kappa shape index (κ3) is 11.1. The molecule has 200 valence electrons. The van der Waals surface area contributed by atoms with E-state index in [2.05, 4.69) is 31.7 Å². The van der Waals surface area contributed by atoms with Crippen LogP contribution in [0.3, 0.4) is 0 Å². The molecule has 0 aliphatic carbocycles. The van der Waals surface area contributed by atoms with Gasteiger partial charge in [0.25, 0.3) is 11.8 Å². The van der Waals surface area contributed by atoms with Gasteiger partial charge >= 0.3 is 6.18 Å². The van der Waals surface area contributed by atoms with E-state index in [4.69, 9.17) is 5.73 Å². The molecule has 0 spiro atoms. The highest BCUT2D eigenvalue weighted by atomic mass is 79.9. The zero-order valence-corrected chi connectivity index (χ0v) is 22.9. The molecule has 0 atom stereocenters. The van der Waals surface area contributed by atoms with E-state index in [1.54, 1.807) is 19.1 Å². The van der Waals surface area contributed by atoms with Gasteiger partial charge in [-0.05, 0) is 65.4 Å².